The smallest absolute Gasteiger partial charge is 0.407 e. The molecule has 2 fully saturated rings. The Morgan fingerprint density at radius 3 is 2.43 bits per heavy atom. The van der Waals surface area contributed by atoms with Crippen molar-refractivity contribution in [3.8, 4) is 5.69 Å². The third-order valence-electron chi connectivity index (χ3n) is 5.81. The van der Waals surface area contributed by atoms with Crippen LogP contribution in [0.1, 0.15) is 19.5 Å². The van der Waals surface area contributed by atoms with Gasteiger partial charge in [-0.3, -0.25) is 9.69 Å². The molecule has 4 rings (SSSR count). The summed E-state index contributed by atoms with van der Waals surface area (Å²) in [7, 11) is 1.77. The zero-order valence-electron chi connectivity index (χ0n) is 16.4. The molecule has 2 aliphatic rings. The van der Waals surface area contributed by atoms with Gasteiger partial charge in [-0.25, -0.2) is 9.48 Å². The highest BCUT2D eigenvalue weighted by Crippen LogP contribution is 2.52. The standard InChI is InChI=1S/C21H26N4O3/c1-13(2)9-15-10-18(22-25(15)14-7-5-4-6-8-14)23(3)20(26)19-16-11-24(21(27)28)12-17(16)19/h4-8,10,13,16-17,19H,9,11-12H2,1-3H3,(H,27,28). The summed E-state index contributed by atoms with van der Waals surface area (Å²) in [5, 5.41) is 13.8. The summed E-state index contributed by atoms with van der Waals surface area (Å²) < 4.78 is 1.92. The van der Waals surface area contributed by atoms with Crippen LogP contribution >= 0.6 is 0 Å². The molecule has 7 heteroatoms. The van der Waals surface area contributed by atoms with Crippen molar-refractivity contribution < 1.29 is 14.7 Å². The van der Waals surface area contributed by atoms with Crippen LogP contribution in [0.4, 0.5) is 10.6 Å². The number of nitrogens with zero attached hydrogens (tertiary/aromatic N) is 4. The Balaban J connectivity index is 1.53. The van der Waals surface area contributed by atoms with Crippen LogP contribution < -0.4 is 4.90 Å². The fourth-order valence-corrected chi connectivity index (χ4v) is 4.31. The van der Waals surface area contributed by atoms with Crippen molar-refractivity contribution in [2.75, 3.05) is 25.0 Å². The molecule has 0 bridgehead atoms. The Morgan fingerprint density at radius 2 is 1.86 bits per heavy atom. The highest BCUT2D eigenvalue weighted by atomic mass is 16.4. The minimum atomic E-state index is -0.897. The third kappa shape index (κ3) is 3.25. The maximum Gasteiger partial charge on any atom is 0.407 e. The zero-order chi connectivity index (χ0) is 20.0. The molecule has 2 amide bonds. The lowest BCUT2D eigenvalue weighted by atomic mass is 10.1. The number of anilines is 1. The van der Waals surface area contributed by atoms with Crippen molar-refractivity contribution in [2.24, 2.45) is 23.7 Å². The fourth-order valence-electron chi connectivity index (χ4n) is 4.31. The van der Waals surface area contributed by atoms with Gasteiger partial charge in [0, 0.05) is 37.8 Å². The summed E-state index contributed by atoms with van der Waals surface area (Å²) in [4.78, 5) is 27.1. The van der Waals surface area contributed by atoms with Gasteiger partial charge in [-0.2, -0.15) is 0 Å². The van der Waals surface area contributed by atoms with Gasteiger partial charge in [-0.05, 0) is 36.3 Å². The van der Waals surface area contributed by atoms with Gasteiger partial charge in [0.25, 0.3) is 0 Å². The van der Waals surface area contributed by atoms with Crippen molar-refractivity contribution >= 4 is 17.8 Å². The van der Waals surface area contributed by atoms with Crippen LogP contribution in [0, 0.1) is 23.7 Å². The highest BCUT2D eigenvalue weighted by Gasteiger charge is 2.61. The summed E-state index contributed by atoms with van der Waals surface area (Å²) in [6, 6.07) is 11.9. The van der Waals surface area contributed by atoms with Gasteiger partial charge in [0.2, 0.25) is 5.91 Å². The minimum absolute atomic E-state index is 0.0360. The lowest BCUT2D eigenvalue weighted by Crippen LogP contribution is -2.35. The van der Waals surface area contributed by atoms with E-state index in [0.717, 1.165) is 17.8 Å². The van der Waals surface area contributed by atoms with Gasteiger partial charge < -0.3 is 10.0 Å². The summed E-state index contributed by atoms with van der Waals surface area (Å²) in [6.07, 6.45) is -0.0294. The normalized spacial score (nSPS) is 23.0. The number of piperidine rings is 1. The average molecular weight is 382 g/mol. The first-order valence-electron chi connectivity index (χ1n) is 9.76. The number of amides is 2. The lowest BCUT2D eigenvalue weighted by Gasteiger charge is -2.19. The van der Waals surface area contributed by atoms with E-state index < -0.39 is 6.09 Å². The van der Waals surface area contributed by atoms with Gasteiger partial charge in [0.1, 0.15) is 0 Å². The van der Waals surface area contributed by atoms with E-state index >= 15 is 0 Å². The number of hydrogen-bond donors (Lipinski definition) is 1. The second kappa shape index (κ2) is 6.96. The Hall–Kier alpha value is -2.83. The molecule has 2 aromatic rings. The summed E-state index contributed by atoms with van der Waals surface area (Å²) >= 11 is 0. The Kier molecular flexibility index (Phi) is 4.61. The molecule has 2 unspecified atom stereocenters. The molecule has 1 saturated carbocycles. The van der Waals surface area contributed by atoms with Crippen LogP contribution in [0.15, 0.2) is 36.4 Å². The van der Waals surface area contributed by atoms with E-state index in [2.05, 4.69) is 13.8 Å². The van der Waals surface area contributed by atoms with E-state index in [1.54, 1.807) is 11.9 Å². The van der Waals surface area contributed by atoms with Crippen LogP contribution in [0.3, 0.4) is 0 Å². The molecule has 1 aliphatic heterocycles. The molecule has 1 aromatic heterocycles. The van der Waals surface area contributed by atoms with E-state index in [1.807, 2.05) is 41.1 Å². The quantitative estimate of drug-likeness (QED) is 0.862. The van der Waals surface area contributed by atoms with Gasteiger partial charge in [0.05, 0.1) is 5.69 Å². The van der Waals surface area contributed by atoms with Gasteiger partial charge in [-0.1, -0.05) is 32.0 Å². The second-order valence-corrected chi connectivity index (χ2v) is 8.28. The van der Waals surface area contributed by atoms with Crippen LogP contribution in [-0.2, 0) is 11.2 Å². The number of hydrogen-bond acceptors (Lipinski definition) is 3. The molecule has 2 atom stereocenters. The second-order valence-electron chi connectivity index (χ2n) is 8.28. The Labute approximate surface area is 164 Å². The molecule has 1 saturated heterocycles. The van der Waals surface area contributed by atoms with Crippen LogP contribution in [-0.4, -0.2) is 51.9 Å². The van der Waals surface area contributed by atoms with E-state index in [9.17, 15) is 9.59 Å². The average Bonchev–Trinajstić information content (AvgIpc) is 3.00. The first kappa shape index (κ1) is 18.5. The number of rotatable bonds is 5. The summed E-state index contributed by atoms with van der Waals surface area (Å²) in [5.74, 6) is 1.36. The molecule has 7 nitrogen and oxygen atoms in total. The lowest BCUT2D eigenvalue weighted by molar-refractivity contribution is -0.120. The van der Waals surface area contributed by atoms with Crippen molar-refractivity contribution in [3.63, 3.8) is 0 Å². The molecular formula is C21H26N4O3. The predicted octanol–water partition coefficient (Wildman–Crippen LogP) is 2.89. The number of likely N-dealkylation sites (tertiary alicyclic amines) is 1. The SMILES string of the molecule is CC(C)Cc1cc(N(C)C(=O)C2C3CN(C(=O)O)CC32)nn1-c1ccccc1. The van der Waals surface area contributed by atoms with Crippen molar-refractivity contribution in [1.82, 2.24) is 14.7 Å². The van der Waals surface area contributed by atoms with E-state index in [0.29, 0.717) is 24.8 Å². The van der Waals surface area contributed by atoms with E-state index in [-0.39, 0.29) is 23.7 Å². The fraction of sp³-hybridized carbons (Fsp3) is 0.476. The first-order valence-corrected chi connectivity index (χ1v) is 9.76. The minimum Gasteiger partial charge on any atom is -0.465 e. The van der Waals surface area contributed by atoms with E-state index in [4.69, 9.17) is 10.2 Å². The van der Waals surface area contributed by atoms with Crippen LogP contribution in [0.5, 0.6) is 0 Å². The van der Waals surface area contributed by atoms with E-state index in [1.165, 1.54) is 4.90 Å². The monoisotopic (exact) mass is 382 g/mol. The maximum absolute atomic E-state index is 13.0. The number of aromatic nitrogens is 2. The molecule has 0 radical (unpaired) electrons. The largest absolute Gasteiger partial charge is 0.465 e. The predicted molar refractivity (Wildman–Crippen MR) is 106 cm³/mol. The van der Waals surface area contributed by atoms with Crippen molar-refractivity contribution in [2.45, 2.75) is 20.3 Å². The zero-order valence-corrected chi connectivity index (χ0v) is 16.4. The molecule has 148 valence electrons. The number of para-hydroxylation sites is 1. The third-order valence-corrected chi connectivity index (χ3v) is 5.81. The molecular weight excluding hydrogens is 356 g/mol. The summed E-state index contributed by atoms with van der Waals surface area (Å²) in [5.41, 5.74) is 2.05. The molecule has 1 aliphatic carbocycles. The number of benzene rings is 1. The summed E-state index contributed by atoms with van der Waals surface area (Å²) in [6.45, 7) is 5.25. The van der Waals surface area contributed by atoms with Crippen molar-refractivity contribution in [1.29, 1.82) is 0 Å². The Bertz CT molecular complexity index is 880. The topological polar surface area (TPSA) is 78.7 Å². The maximum atomic E-state index is 13.0. The molecule has 28 heavy (non-hydrogen) atoms. The van der Waals surface area contributed by atoms with Crippen molar-refractivity contribution in [3.05, 3.63) is 42.1 Å². The number of fused-ring (bicyclic) bond motifs is 1. The van der Waals surface area contributed by atoms with Gasteiger partial charge in [0.15, 0.2) is 5.82 Å². The molecule has 1 N–H and O–H groups in total. The van der Waals surface area contributed by atoms with Gasteiger partial charge in [-0.15, -0.1) is 5.10 Å². The highest BCUT2D eigenvalue weighted by molar-refractivity contribution is 5.96. The number of carboxylic acid groups (broad SMARTS) is 1. The molecule has 0 spiro atoms. The number of carbonyl (C=O) groups is 2. The molecule has 1 aromatic carbocycles. The Morgan fingerprint density at radius 1 is 1.21 bits per heavy atom. The molecule has 2 heterocycles. The van der Waals surface area contributed by atoms with Crippen LogP contribution in [0.25, 0.3) is 5.69 Å². The number of carbonyl (C=O) groups excluding carboxylic acids is 1. The van der Waals surface area contributed by atoms with Crippen LogP contribution in [0.2, 0.25) is 0 Å². The first-order chi connectivity index (χ1) is 13.4. The van der Waals surface area contributed by atoms with Gasteiger partial charge >= 0.3 is 6.09 Å².